The predicted octanol–water partition coefficient (Wildman–Crippen LogP) is 4.77. The number of halogens is 1. The number of nitrogens with zero attached hydrogens (tertiary/aromatic N) is 4. The summed E-state index contributed by atoms with van der Waals surface area (Å²) in [6, 6.07) is 14.1. The number of nitrogens with one attached hydrogen (secondary N) is 1. The monoisotopic (exact) mass is 457 g/mol. The third-order valence-corrected chi connectivity index (χ3v) is 4.75. The lowest BCUT2D eigenvalue weighted by Gasteiger charge is -2.18. The maximum Gasteiger partial charge on any atom is 0.275 e. The second kappa shape index (κ2) is 12.0. The summed E-state index contributed by atoms with van der Waals surface area (Å²) in [5, 5.41) is 11.5. The molecule has 1 N–H and O–H groups in total. The Bertz CT molecular complexity index is 1010. The van der Waals surface area contributed by atoms with Crippen LogP contribution in [0.2, 0.25) is 5.02 Å². The maximum atomic E-state index is 11.8. The van der Waals surface area contributed by atoms with Crippen molar-refractivity contribution in [1.29, 1.82) is 0 Å². The first kappa shape index (κ1) is 26.8. The van der Waals surface area contributed by atoms with Crippen LogP contribution in [0.5, 0.6) is 0 Å². The lowest BCUT2D eigenvalue weighted by atomic mass is 9.87. The van der Waals surface area contributed by atoms with Crippen LogP contribution in [0.3, 0.4) is 0 Å². The summed E-state index contributed by atoms with van der Waals surface area (Å²) >= 11 is 5.98. The zero-order chi connectivity index (χ0) is 24.5. The Morgan fingerprint density at radius 3 is 2.19 bits per heavy atom. The molecule has 7 nitrogen and oxygen atoms in total. The molecule has 0 aliphatic carbocycles. The van der Waals surface area contributed by atoms with Crippen LogP contribution < -0.4 is 5.32 Å². The normalized spacial score (nSPS) is 10.2. The molecule has 0 atom stereocenters. The molecule has 0 spiro atoms. The van der Waals surface area contributed by atoms with E-state index in [-0.39, 0.29) is 17.0 Å². The lowest BCUT2D eigenvalue weighted by molar-refractivity contribution is -0.0980. The van der Waals surface area contributed by atoms with Crippen molar-refractivity contribution in [2.75, 3.05) is 26.5 Å². The van der Waals surface area contributed by atoms with Crippen LogP contribution in [-0.4, -0.2) is 53.7 Å². The van der Waals surface area contributed by atoms with E-state index in [4.69, 9.17) is 16.4 Å². The van der Waals surface area contributed by atoms with Crippen LogP contribution in [0.1, 0.15) is 42.4 Å². The Balaban J connectivity index is 0.000000335. The van der Waals surface area contributed by atoms with Gasteiger partial charge in [0, 0.05) is 26.2 Å². The summed E-state index contributed by atoms with van der Waals surface area (Å²) in [5.41, 5.74) is 4.89. The molecular formula is C24H32ClN5O2. The van der Waals surface area contributed by atoms with Crippen LogP contribution >= 0.6 is 11.6 Å². The first-order valence-electron chi connectivity index (χ1n) is 10.0. The summed E-state index contributed by atoms with van der Waals surface area (Å²) in [6.45, 7) is 10.8. The number of carbonyl (C=O) groups excluding carboxylic acids is 2. The van der Waals surface area contributed by atoms with E-state index in [1.807, 2.05) is 12.9 Å². The van der Waals surface area contributed by atoms with E-state index in [0.717, 1.165) is 11.4 Å². The molecule has 1 heterocycles. The van der Waals surface area contributed by atoms with Crippen LogP contribution in [0.4, 0.5) is 5.69 Å². The third kappa shape index (κ3) is 7.50. The Hall–Kier alpha value is -3.19. The minimum atomic E-state index is -0.195. The SMILES string of the molecule is C=O.CNc1ccc(Cl)cc1-n1cc(C(=O)N(C)C)nn1.Cc1ccc(C(C)(C)C)cc1. The molecular weight excluding hydrogens is 426 g/mol. The maximum absolute atomic E-state index is 11.8. The van der Waals surface area contributed by atoms with Gasteiger partial charge in [-0.15, -0.1) is 5.10 Å². The fourth-order valence-electron chi connectivity index (χ4n) is 2.67. The summed E-state index contributed by atoms with van der Waals surface area (Å²) in [7, 11) is 5.13. The van der Waals surface area contributed by atoms with Gasteiger partial charge in [0.15, 0.2) is 5.69 Å². The van der Waals surface area contributed by atoms with Gasteiger partial charge >= 0.3 is 0 Å². The standard InChI is InChI=1S/C12H14ClN5O.C11H16.CH2O/c1-14-9-5-4-8(13)6-11(9)18-7-10(15-16-18)12(19)17(2)3;1-9-5-7-10(8-6-9)11(2,3)4;1-2/h4-7,14H,1-3H3;5-8H,1-4H3;1H2. The van der Waals surface area contributed by atoms with Crippen LogP contribution in [0, 0.1) is 6.92 Å². The van der Waals surface area contributed by atoms with E-state index >= 15 is 0 Å². The molecule has 0 saturated heterocycles. The molecule has 0 unspecified atom stereocenters. The molecule has 0 bridgehead atoms. The predicted molar refractivity (Wildman–Crippen MR) is 131 cm³/mol. The molecule has 1 aromatic heterocycles. The van der Waals surface area contributed by atoms with Gasteiger partial charge in [0.25, 0.3) is 5.91 Å². The highest BCUT2D eigenvalue weighted by molar-refractivity contribution is 6.30. The van der Waals surface area contributed by atoms with Gasteiger partial charge in [-0.1, -0.05) is 67.4 Å². The fraction of sp³-hybridized carbons (Fsp3) is 0.333. The lowest BCUT2D eigenvalue weighted by Crippen LogP contribution is -2.21. The molecule has 8 heteroatoms. The smallest absolute Gasteiger partial charge is 0.275 e. The third-order valence-electron chi connectivity index (χ3n) is 4.51. The van der Waals surface area contributed by atoms with E-state index in [1.54, 1.807) is 39.5 Å². The Labute approximate surface area is 195 Å². The highest BCUT2D eigenvalue weighted by Gasteiger charge is 2.15. The first-order valence-corrected chi connectivity index (χ1v) is 10.4. The van der Waals surface area contributed by atoms with E-state index in [1.165, 1.54) is 20.7 Å². The fourth-order valence-corrected chi connectivity index (χ4v) is 2.83. The van der Waals surface area contributed by atoms with Gasteiger partial charge in [-0.05, 0) is 36.1 Å². The number of benzene rings is 2. The van der Waals surface area contributed by atoms with Crippen molar-refractivity contribution < 1.29 is 9.59 Å². The number of hydrogen-bond acceptors (Lipinski definition) is 5. The van der Waals surface area contributed by atoms with Crippen LogP contribution in [0.25, 0.3) is 5.69 Å². The number of rotatable bonds is 3. The number of anilines is 1. The average Bonchev–Trinajstić information content (AvgIpc) is 3.24. The van der Waals surface area contributed by atoms with Crippen molar-refractivity contribution in [2.45, 2.75) is 33.1 Å². The minimum absolute atomic E-state index is 0.195. The summed E-state index contributed by atoms with van der Waals surface area (Å²) < 4.78 is 1.52. The number of amides is 1. The number of aryl methyl sites for hydroxylation is 1. The highest BCUT2D eigenvalue weighted by atomic mass is 35.5. The van der Waals surface area contributed by atoms with Crippen molar-refractivity contribution in [2.24, 2.45) is 0 Å². The highest BCUT2D eigenvalue weighted by Crippen LogP contribution is 2.24. The van der Waals surface area contributed by atoms with Gasteiger partial charge in [-0.3, -0.25) is 4.79 Å². The molecule has 0 radical (unpaired) electrons. The van der Waals surface area contributed by atoms with Gasteiger partial charge in [-0.2, -0.15) is 0 Å². The molecule has 1 amide bonds. The molecule has 0 fully saturated rings. The van der Waals surface area contributed by atoms with Gasteiger partial charge in [0.2, 0.25) is 0 Å². The largest absolute Gasteiger partial charge is 0.386 e. The van der Waals surface area contributed by atoms with Crippen molar-refractivity contribution in [3.05, 3.63) is 70.5 Å². The Kier molecular flexibility index (Phi) is 10.1. The zero-order valence-corrected chi connectivity index (χ0v) is 20.6. The van der Waals surface area contributed by atoms with Crippen molar-refractivity contribution in [1.82, 2.24) is 19.9 Å². The van der Waals surface area contributed by atoms with Gasteiger partial charge in [-0.25, -0.2) is 4.68 Å². The minimum Gasteiger partial charge on any atom is -0.386 e. The molecule has 0 saturated carbocycles. The quantitative estimate of drug-likeness (QED) is 0.612. The second-order valence-electron chi connectivity index (χ2n) is 8.28. The summed E-state index contributed by atoms with van der Waals surface area (Å²) in [4.78, 5) is 21.2. The zero-order valence-electron chi connectivity index (χ0n) is 19.8. The van der Waals surface area contributed by atoms with E-state index < -0.39 is 0 Å². The molecule has 172 valence electrons. The Morgan fingerprint density at radius 2 is 1.69 bits per heavy atom. The molecule has 2 aromatic carbocycles. The molecule has 0 aliphatic rings. The summed E-state index contributed by atoms with van der Waals surface area (Å²) in [6.07, 6.45) is 1.58. The Morgan fingerprint density at radius 1 is 1.09 bits per heavy atom. The van der Waals surface area contributed by atoms with Crippen LogP contribution in [0.15, 0.2) is 48.7 Å². The van der Waals surface area contributed by atoms with Gasteiger partial charge in [0.05, 0.1) is 17.6 Å². The number of aromatic nitrogens is 3. The topological polar surface area (TPSA) is 80.1 Å². The van der Waals surface area contributed by atoms with Crippen LogP contribution in [-0.2, 0) is 10.2 Å². The van der Waals surface area contributed by atoms with E-state index in [2.05, 4.69) is 67.6 Å². The van der Waals surface area contributed by atoms with Crippen molar-refractivity contribution >= 4 is 30.0 Å². The van der Waals surface area contributed by atoms with E-state index in [9.17, 15) is 4.79 Å². The molecule has 3 rings (SSSR count). The van der Waals surface area contributed by atoms with Gasteiger partial charge in [0.1, 0.15) is 6.79 Å². The number of carbonyl (C=O) groups is 2. The van der Waals surface area contributed by atoms with Crippen molar-refractivity contribution in [3.63, 3.8) is 0 Å². The average molecular weight is 458 g/mol. The second-order valence-corrected chi connectivity index (χ2v) is 8.71. The first-order chi connectivity index (χ1) is 15.0. The van der Waals surface area contributed by atoms with E-state index in [0.29, 0.717) is 5.02 Å². The molecule has 3 aromatic rings. The number of hydrogen-bond donors (Lipinski definition) is 1. The molecule has 32 heavy (non-hydrogen) atoms. The molecule has 0 aliphatic heterocycles. The summed E-state index contributed by atoms with van der Waals surface area (Å²) in [5.74, 6) is -0.195. The van der Waals surface area contributed by atoms with Crippen molar-refractivity contribution in [3.8, 4) is 5.69 Å². The van der Waals surface area contributed by atoms with Gasteiger partial charge < -0.3 is 15.0 Å².